The maximum atomic E-state index is 13.7. The van der Waals surface area contributed by atoms with E-state index in [1.165, 1.54) is 29.5 Å². The lowest BCUT2D eigenvalue weighted by molar-refractivity contribution is -0.131. The molecule has 4 rings (SSSR count). The molecule has 2 aromatic heterocycles. The predicted molar refractivity (Wildman–Crippen MR) is 108 cm³/mol. The molecule has 8 heteroatoms. The molecule has 0 spiro atoms. The molecular weight excluding hydrogens is 394 g/mol. The highest BCUT2D eigenvalue weighted by Gasteiger charge is 2.28. The van der Waals surface area contributed by atoms with Crippen molar-refractivity contribution < 1.29 is 13.5 Å². The van der Waals surface area contributed by atoms with Crippen LogP contribution in [0.4, 0.5) is 14.5 Å². The van der Waals surface area contributed by atoms with Gasteiger partial charge in [-0.15, -0.1) is 11.3 Å². The lowest BCUT2D eigenvalue weighted by Gasteiger charge is -2.15. The molecule has 0 aliphatic heterocycles. The minimum Gasteiger partial charge on any atom is -0.427 e. The van der Waals surface area contributed by atoms with Gasteiger partial charge in [0.25, 0.3) is 0 Å². The number of benzene rings is 2. The quantitative estimate of drug-likeness (QED) is 0.444. The van der Waals surface area contributed by atoms with Gasteiger partial charge in [-0.1, -0.05) is 6.58 Å². The zero-order valence-electron chi connectivity index (χ0n) is 15.3. The standard InChI is InChI=1S/C21H14F2N4OS/c1-3-21(22,23)28-17-10-13(11-24)4-6-15(17)26-19-9-5-14-18(29-19)8-7-16-20(14)25-12-27(16)2/h3-10,12H,1H2,2H3. The molecule has 29 heavy (non-hydrogen) atoms. The number of hydrogen-bond acceptors (Lipinski definition) is 5. The van der Waals surface area contributed by atoms with Crippen LogP contribution < -0.4 is 9.41 Å². The molecule has 2 heterocycles. The Hall–Kier alpha value is -3.57. The maximum absolute atomic E-state index is 13.7. The lowest BCUT2D eigenvalue weighted by Crippen LogP contribution is -2.21. The first-order chi connectivity index (χ1) is 13.9. The van der Waals surface area contributed by atoms with Gasteiger partial charge >= 0.3 is 6.11 Å². The van der Waals surface area contributed by atoms with E-state index in [4.69, 9.17) is 10.00 Å². The highest BCUT2D eigenvalue weighted by molar-refractivity contribution is 7.16. The monoisotopic (exact) mass is 408 g/mol. The van der Waals surface area contributed by atoms with Gasteiger partial charge in [-0.05, 0) is 36.4 Å². The van der Waals surface area contributed by atoms with Gasteiger partial charge in [-0.2, -0.15) is 14.0 Å². The zero-order valence-corrected chi connectivity index (χ0v) is 16.1. The molecule has 0 aliphatic rings. The summed E-state index contributed by atoms with van der Waals surface area (Å²) in [6.07, 6.45) is -1.42. The van der Waals surface area contributed by atoms with Gasteiger partial charge in [0.1, 0.15) is 10.4 Å². The minimum atomic E-state index is -3.57. The van der Waals surface area contributed by atoms with Crippen molar-refractivity contribution in [1.29, 1.82) is 5.26 Å². The Bertz CT molecular complexity index is 1360. The Labute approximate surface area is 168 Å². The van der Waals surface area contributed by atoms with Crippen LogP contribution in [0.25, 0.3) is 21.1 Å². The maximum Gasteiger partial charge on any atom is 0.419 e. The second kappa shape index (κ2) is 7.11. The van der Waals surface area contributed by atoms with Crippen molar-refractivity contribution in [1.82, 2.24) is 9.55 Å². The van der Waals surface area contributed by atoms with E-state index < -0.39 is 6.11 Å². The molecule has 0 unspecified atom stereocenters. The Morgan fingerprint density at radius 1 is 1.28 bits per heavy atom. The van der Waals surface area contributed by atoms with Crippen LogP contribution in [0.3, 0.4) is 0 Å². The third-order valence-corrected chi connectivity index (χ3v) is 5.32. The molecule has 144 valence electrons. The molecule has 4 aromatic rings. The molecule has 0 N–H and O–H groups in total. The second-order valence-electron chi connectivity index (χ2n) is 6.25. The molecular formula is C21H14F2N4OS. The van der Waals surface area contributed by atoms with Gasteiger partial charge in [0.05, 0.1) is 29.0 Å². The summed E-state index contributed by atoms with van der Waals surface area (Å²) in [5.74, 6) is -0.193. The number of imidazole rings is 1. The van der Waals surface area contributed by atoms with Crippen LogP contribution >= 0.6 is 11.3 Å². The first-order valence-corrected chi connectivity index (χ1v) is 9.35. The van der Waals surface area contributed by atoms with Crippen molar-refractivity contribution in [2.45, 2.75) is 6.11 Å². The SMILES string of the molecule is C=CC(F)(F)Oc1cc(C#N)ccc1N=c1ccc2c(ccc3c2ncn3C)s1. The van der Waals surface area contributed by atoms with Crippen LogP contribution in [-0.4, -0.2) is 15.7 Å². The smallest absolute Gasteiger partial charge is 0.419 e. The summed E-state index contributed by atoms with van der Waals surface area (Å²) in [4.78, 5) is 8.90. The highest BCUT2D eigenvalue weighted by Crippen LogP contribution is 2.33. The molecule has 0 saturated carbocycles. The molecule has 5 nitrogen and oxygen atoms in total. The van der Waals surface area contributed by atoms with Crippen LogP contribution in [0, 0.1) is 11.3 Å². The van der Waals surface area contributed by atoms with E-state index in [-0.39, 0.29) is 17.0 Å². The summed E-state index contributed by atoms with van der Waals surface area (Å²) in [5, 5.41) is 10.0. The Morgan fingerprint density at radius 2 is 2.10 bits per heavy atom. The lowest BCUT2D eigenvalue weighted by atomic mass is 10.2. The molecule has 0 saturated heterocycles. The van der Waals surface area contributed by atoms with Gasteiger partial charge in [0, 0.05) is 29.3 Å². The van der Waals surface area contributed by atoms with Crippen molar-refractivity contribution >= 4 is 38.1 Å². The average Bonchev–Trinajstić information content (AvgIpc) is 3.10. The predicted octanol–water partition coefficient (Wildman–Crippen LogP) is 5.05. The van der Waals surface area contributed by atoms with Gasteiger partial charge in [-0.25, -0.2) is 9.98 Å². The second-order valence-corrected chi connectivity index (χ2v) is 7.31. The number of alkyl halides is 2. The van der Waals surface area contributed by atoms with E-state index in [1.54, 1.807) is 12.4 Å². The van der Waals surface area contributed by atoms with E-state index in [0.29, 0.717) is 10.7 Å². The van der Waals surface area contributed by atoms with Crippen molar-refractivity contribution in [3.8, 4) is 11.8 Å². The average molecular weight is 408 g/mol. The van der Waals surface area contributed by atoms with Crippen molar-refractivity contribution in [3.63, 3.8) is 0 Å². The summed E-state index contributed by atoms with van der Waals surface area (Å²) in [6.45, 7) is 3.07. The normalized spacial score (nSPS) is 12.3. The van der Waals surface area contributed by atoms with E-state index in [9.17, 15) is 8.78 Å². The number of nitrogens with zero attached hydrogens (tertiary/aromatic N) is 4. The molecule has 0 amide bonds. The number of rotatable bonds is 4. The number of aryl methyl sites for hydroxylation is 1. The highest BCUT2D eigenvalue weighted by atomic mass is 32.1. The van der Waals surface area contributed by atoms with Crippen LogP contribution in [0.2, 0.25) is 0 Å². The van der Waals surface area contributed by atoms with E-state index in [0.717, 1.165) is 21.1 Å². The molecule has 0 bridgehead atoms. The van der Waals surface area contributed by atoms with Crippen LogP contribution in [0.5, 0.6) is 5.75 Å². The first kappa shape index (κ1) is 18.8. The summed E-state index contributed by atoms with van der Waals surface area (Å²) in [5.41, 5.74) is 2.29. The van der Waals surface area contributed by atoms with Crippen LogP contribution in [-0.2, 0) is 7.05 Å². The minimum absolute atomic E-state index is 0.193. The Kier molecular flexibility index (Phi) is 4.60. The van der Waals surface area contributed by atoms with Crippen LogP contribution in [0.15, 0.2) is 66.4 Å². The van der Waals surface area contributed by atoms with Gasteiger partial charge in [-0.3, -0.25) is 0 Å². The fraction of sp³-hybridized carbons (Fsp3) is 0.0952. The summed E-state index contributed by atoms with van der Waals surface area (Å²) < 4.78 is 35.6. The number of hydrogen-bond donors (Lipinski definition) is 0. The number of nitriles is 1. The molecule has 0 radical (unpaired) electrons. The van der Waals surface area contributed by atoms with Gasteiger partial charge in [0.2, 0.25) is 0 Å². The van der Waals surface area contributed by atoms with Crippen LogP contribution in [0.1, 0.15) is 5.56 Å². The molecule has 0 atom stereocenters. The van der Waals surface area contributed by atoms with Crippen molar-refractivity contribution in [3.05, 3.63) is 71.7 Å². The van der Waals surface area contributed by atoms with Gasteiger partial charge in [0.15, 0.2) is 5.75 Å². The largest absolute Gasteiger partial charge is 0.427 e. The fourth-order valence-corrected chi connectivity index (χ4v) is 3.80. The fourth-order valence-electron chi connectivity index (χ4n) is 2.88. The Balaban J connectivity index is 1.85. The van der Waals surface area contributed by atoms with E-state index in [2.05, 4.69) is 16.6 Å². The first-order valence-electron chi connectivity index (χ1n) is 8.53. The van der Waals surface area contributed by atoms with Gasteiger partial charge < -0.3 is 9.30 Å². The van der Waals surface area contributed by atoms with E-state index >= 15 is 0 Å². The zero-order chi connectivity index (χ0) is 20.6. The molecule has 0 fully saturated rings. The van der Waals surface area contributed by atoms with E-state index in [1.807, 2.05) is 35.9 Å². The number of aromatic nitrogens is 2. The Morgan fingerprint density at radius 3 is 2.86 bits per heavy atom. The third kappa shape index (κ3) is 3.60. The van der Waals surface area contributed by atoms with Crippen molar-refractivity contribution in [2.75, 3.05) is 0 Å². The topological polar surface area (TPSA) is 63.2 Å². The summed E-state index contributed by atoms with van der Waals surface area (Å²) in [7, 11) is 1.93. The molecule has 2 aromatic carbocycles. The summed E-state index contributed by atoms with van der Waals surface area (Å²) >= 11 is 1.40. The molecule has 0 aliphatic carbocycles. The number of fused-ring (bicyclic) bond motifs is 3. The number of ether oxygens (including phenoxy) is 1. The number of halogens is 2. The third-order valence-electron chi connectivity index (χ3n) is 4.31. The van der Waals surface area contributed by atoms with Crippen molar-refractivity contribution in [2.24, 2.45) is 12.0 Å². The summed E-state index contributed by atoms with van der Waals surface area (Å²) in [6, 6.07) is 13.8.